The van der Waals surface area contributed by atoms with Crippen molar-refractivity contribution < 1.29 is 23.1 Å². The summed E-state index contributed by atoms with van der Waals surface area (Å²) in [7, 11) is -3.92. The number of nitrogens with zero attached hydrogens (tertiary/aromatic N) is 2. The van der Waals surface area contributed by atoms with E-state index in [0.717, 1.165) is 36.8 Å². The minimum absolute atomic E-state index is 0.000916. The summed E-state index contributed by atoms with van der Waals surface area (Å²) < 4.78 is 35.2. The molecule has 1 atom stereocenters. The van der Waals surface area contributed by atoms with E-state index in [1.807, 2.05) is 26.0 Å². The van der Waals surface area contributed by atoms with Crippen LogP contribution < -0.4 is 9.04 Å². The molecule has 7 nitrogen and oxygen atoms in total. The zero-order chi connectivity index (χ0) is 25.0. The van der Waals surface area contributed by atoms with Gasteiger partial charge in [-0.05, 0) is 78.3 Å². The minimum Gasteiger partial charge on any atom is -0.487 e. The molecule has 2 aromatic carbocycles. The molecule has 0 spiro atoms. The van der Waals surface area contributed by atoms with E-state index in [2.05, 4.69) is 4.98 Å². The number of aryl methyl sites for hydroxylation is 2. The van der Waals surface area contributed by atoms with Gasteiger partial charge in [-0.15, -0.1) is 0 Å². The van der Waals surface area contributed by atoms with Gasteiger partial charge in [0.2, 0.25) is 0 Å². The van der Waals surface area contributed by atoms with Crippen LogP contribution in [0.25, 0.3) is 0 Å². The lowest BCUT2D eigenvalue weighted by atomic mass is 10.1. The second-order valence-electron chi connectivity index (χ2n) is 8.95. The van der Waals surface area contributed by atoms with E-state index in [0.29, 0.717) is 18.0 Å². The van der Waals surface area contributed by atoms with Crippen molar-refractivity contribution in [1.29, 1.82) is 0 Å². The molecular weight excluding hydrogens is 464 g/mol. The van der Waals surface area contributed by atoms with Gasteiger partial charge >= 0.3 is 5.97 Å². The van der Waals surface area contributed by atoms with Gasteiger partial charge in [0.1, 0.15) is 12.4 Å². The Hall–Kier alpha value is -3.39. The predicted octanol–water partition coefficient (Wildman–Crippen LogP) is 5.09. The fraction of sp³-hybridized carbons (Fsp3) is 0.333. The summed E-state index contributed by atoms with van der Waals surface area (Å²) in [5.41, 5.74) is 3.82. The molecule has 8 heteroatoms. The number of sulfonamides is 1. The van der Waals surface area contributed by atoms with Gasteiger partial charge in [0.05, 0.1) is 11.3 Å². The van der Waals surface area contributed by atoms with E-state index >= 15 is 0 Å². The molecule has 1 N–H and O–H groups in total. The quantitative estimate of drug-likeness (QED) is 0.422. The van der Waals surface area contributed by atoms with E-state index in [1.165, 1.54) is 34.3 Å². The smallest absolute Gasteiger partial charge is 0.335 e. The molecule has 0 radical (unpaired) electrons. The maximum Gasteiger partial charge on any atom is 0.335 e. The zero-order valence-electron chi connectivity index (χ0n) is 20.0. The largest absolute Gasteiger partial charge is 0.487 e. The third-order valence-corrected chi connectivity index (χ3v) is 8.10. The van der Waals surface area contributed by atoms with Crippen LogP contribution in [0.3, 0.4) is 0 Å². The predicted molar refractivity (Wildman–Crippen MR) is 134 cm³/mol. The number of carboxylic acid groups (broad SMARTS) is 1. The van der Waals surface area contributed by atoms with Crippen LogP contribution in [0.15, 0.2) is 65.8 Å². The van der Waals surface area contributed by atoms with Crippen molar-refractivity contribution >= 4 is 21.7 Å². The Morgan fingerprint density at radius 3 is 2.46 bits per heavy atom. The summed E-state index contributed by atoms with van der Waals surface area (Å²) in [5, 5.41) is 9.13. The van der Waals surface area contributed by atoms with Crippen molar-refractivity contribution in [2.24, 2.45) is 5.92 Å². The molecule has 0 unspecified atom stereocenters. The first-order valence-corrected chi connectivity index (χ1v) is 13.3. The van der Waals surface area contributed by atoms with E-state index in [-0.39, 0.29) is 23.1 Å². The number of aromatic carboxylic acids is 1. The number of hydrogen-bond acceptors (Lipinski definition) is 5. The molecule has 0 bridgehead atoms. The number of benzene rings is 2. The van der Waals surface area contributed by atoms with Crippen LogP contribution in [0.2, 0.25) is 0 Å². The number of aromatic nitrogens is 1. The summed E-state index contributed by atoms with van der Waals surface area (Å²) in [5.74, 6) is -0.368. The fourth-order valence-corrected chi connectivity index (χ4v) is 5.68. The summed E-state index contributed by atoms with van der Waals surface area (Å²) in [4.78, 5) is 15.3. The van der Waals surface area contributed by atoms with Crippen molar-refractivity contribution in [1.82, 2.24) is 4.98 Å². The molecule has 1 aromatic heterocycles. The van der Waals surface area contributed by atoms with Gasteiger partial charge in [-0.2, -0.15) is 8.42 Å². The number of pyridine rings is 1. The van der Waals surface area contributed by atoms with Gasteiger partial charge in [0, 0.05) is 12.7 Å². The van der Waals surface area contributed by atoms with E-state index in [9.17, 15) is 13.2 Å². The molecule has 0 saturated heterocycles. The maximum absolute atomic E-state index is 13.8. The molecule has 3 aromatic rings. The molecule has 35 heavy (non-hydrogen) atoms. The Balaban J connectivity index is 1.74. The molecule has 0 amide bonds. The van der Waals surface area contributed by atoms with Gasteiger partial charge in [0.15, 0.2) is 5.03 Å². The Labute approximate surface area is 206 Å². The molecule has 184 valence electrons. The summed E-state index contributed by atoms with van der Waals surface area (Å²) in [6.45, 7) is 4.56. The van der Waals surface area contributed by atoms with Gasteiger partial charge < -0.3 is 9.84 Å². The van der Waals surface area contributed by atoms with Crippen LogP contribution in [0.5, 0.6) is 5.75 Å². The lowest BCUT2D eigenvalue weighted by molar-refractivity contribution is 0.0697. The molecule has 1 heterocycles. The number of carboxylic acids is 1. The van der Waals surface area contributed by atoms with Crippen LogP contribution >= 0.6 is 0 Å². The van der Waals surface area contributed by atoms with Crippen molar-refractivity contribution in [3.8, 4) is 5.75 Å². The number of rotatable bonds is 10. The fourth-order valence-electron chi connectivity index (χ4n) is 4.15. The molecule has 4 rings (SSSR count). The Morgan fingerprint density at radius 1 is 1.11 bits per heavy atom. The SMILES string of the molecule is CC[C@H](C)CN(c1cc2c(cc1OCc1ccc(C(=O)O)cc1)CCC2)S(=O)(=O)c1ccccn1. The summed E-state index contributed by atoms with van der Waals surface area (Å²) >= 11 is 0. The van der Waals surface area contributed by atoms with Gasteiger partial charge in [-0.1, -0.05) is 38.5 Å². The number of carbonyl (C=O) groups is 1. The number of hydrogen-bond donors (Lipinski definition) is 1. The van der Waals surface area contributed by atoms with E-state index in [1.54, 1.807) is 24.3 Å². The molecule has 0 aliphatic heterocycles. The summed E-state index contributed by atoms with van der Waals surface area (Å²) in [6.07, 6.45) is 5.16. The lowest BCUT2D eigenvalue weighted by Gasteiger charge is -2.29. The average Bonchev–Trinajstić information content (AvgIpc) is 3.33. The summed E-state index contributed by atoms with van der Waals surface area (Å²) in [6, 6.07) is 15.3. The second-order valence-corrected chi connectivity index (χ2v) is 10.8. The molecule has 0 saturated carbocycles. The van der Waals surface area contributed by atoms with Crippen molar-refractivity contribution in [3.05, 3.63) is 83.0 Å². The van der Waals surface area contributed by atoms with Gasteiger partial charge in [-0.3, -0.25) is 4.31 Å². The normalized spacial score (nSPS) is 13.8. The van der Waals surface area contributed by atoms with E-state index in [4.69, 9.17) is 9.84 Å². The van der Waals surface area contributed by atoms with Crippen molar-refractivity contribution in [2.45, 2.75) is 51.2 Å². The molecular formula is C27H30N2O5S. The highest BCUT2D eigenvalue weighted by molar-refractivity contribution is 7.92. The first-order valence-electron chi connectivity index (χ1n) is 11.8. The lowest BCUT2D eigenvalue weighted by Crippen LogP contribution is -2.35. The number of anilines is 1. The highest BCUT2D eigenvalue weighted by Crippen LogP contribution is 2.39. The molecule has 1 aliphatic carbocycles. The maximum atomic E-state index is 13.8. The monoisotopic (exact) mass is 494 g/mol. The molecule has 1 aliphatic rings. The van der Waals surface area contributed by atoms with Crippen LogP contribution in [-0.4, -0.2) is 31.0 Å². The van der Waals surface area contributed by atoms with Gasteiger partial charge in [-0.25, -0.2) is 9.78 Å². The standard InChI is InChI=1S/C27H30N2O5S/c1-3-19(2)17-29(35(32,33)26-9-4-5-14-28-26)24-15-22-7-6-8-23(22)16-25(24)34-18-20-10-12-21(13-11-20)27(30)31/h4-5,9-16,19H,3,6-8,17-18H2,1-2H3,(H,30,31)/t19-/m0/s1. The first-order chi connectivity index (χ1) is 16.8. The highest BCUT2D eigenvalue weighted by atomic mass is 32.2. The third kappa shape index (κ3) is 5.48. The van der Waals surface area contributed by atoms with Gasteiger partial charge in [0.25, 0.3) is 10.0 Å². The van der Waals surface area contributed by atoms with Crippen LogP contribution in [0.4, 0.5) is 5.69 Å². The second kappa shape index (κ2) is 10.5. The Morgan fingerprint density at radius 2 is 1.83 bits per heavy atom. The Kier molecular flexibility index (Phi) is 7.40. The Bertz CT molecular complexity index is 1290. The minimum atomic E-state index is -3.92. The number of ether oxygens (including phenoxy) is 1. The van der Waals surface area contributed by atoms with Crippen molar-refractivity contribution in [3.63, 3.8) is 0 Å². The number of fused-ring (bicyclic) bond motifs is 1. The van der Waals surface area contributed by atoms with Crippen molar-refractivity contribution in [2.75, 3.05) is 10.8 Å². The first kappa shape index (κ1) is 24.7. The van der Waals surface area contributed by atoms with Crippen LogP contribution in [0.1, 0.15) is 53.7 Å². The van der Waals surface area contributed by atoms with E-state index < -0.39 is 16.0 Å². The van der Waals surface area contributed by atoms with Crippen LogP contribution in [-0.2, 0) is 29.5 Å². The van der Waals surface area contributed by atoms with Crippen LogP contribution in [0, 0.1) is 5.92 Å². The highest BCUT2D eigenvalue weighted by Gasteiger charge is 2.31. The topological polar surface area (TPSA) is 96.8 Å². The molecule has 0 fully saturated rings. The average molecular weight is 495 g/mol. The zero-order valence-corrected chi connectivity index (χ0v) is 20.8. The third-order valence-electron chi connectivity index (χ3n) is 6.40.